The summed E-state index contributed by atoms with van der Waals surface area (Å²) in [4.78, 5) is 12.1. The van der Waals surface area contributed by atoms with Crippen LogP contribution in [-0.2, 0) is 10.0 Å². The molecular weight excluding hydrogens is 317 g/mol. The Bertz CT molecular complexity index is 856. The summed E-state index contributed by atoms with van der Waals surface area (Å²) in [6.45, 7) is 3.60. The number of nitrogens with one attached hydrogen (secondary N) is 1. The lowest BCUT2D eigenvalue weighted by atomic mass is 10.0. The summed E-state index contributed by atoms with van der Waals surface area (Å²) in [5, 5.41) is 0.878. The van der Waals surface area contributed by atoms with Crippen molar-refractivity contribution < 1.29 is 17.6 Å². The highest BCUT2D eigenvalue weighted by Gasteiger charge is 2.15. The maximum absolute atomic E-state index is 12.8. The van der Waals surface area contributed by atoms with Gasteiger partial charge in [0.2, 0.25) is 0 Å². The van der Waals surface area contributed by atoms with Gasteiger partial charge in [0.1, 0.15) is 5.82 Å². The van der Waals surface area contributed by atoms with Crippen LogP contribution in [0, 0.1) is 19.7 Å². The third-order valence-electron chi connectivity index (χ3n) is 3.39. The fourth-order valence-electron chi connectivity index (χ4n) is 1.96. The second-order valence-corrected chi connectivity index (χ2v) is 6.64. The molecule has 0 saturated carbocycles. The zero-order valence-electron chi connectivity index (χ0n) is 12.7. The van der Waals surface area contributed by atoms with E-state index in [-0.39, 0.29) is 0 Å². The SMILES string of the molecule is Cc1cccc(C(=O)NS(=O)(=O)/C=C/c2ccc(F)cc2)c1C. The fraction of sp³-hybridized carbons (Fsp3) is 0.118. The number of carbonyl (C=O) groups excluding carboxylic acids is 1. The van der Waals surface area contributed by atoms with E-state index in [4.69, 9.17) is 0 Å². The topological polar surface area (TPSA) is 63.2 Å². The smallest absolute Gasteiger partial charge is 0.265 e. The Hall–Kier alpha value is -2.47. The number of aryl methyl sites for hydroxylation is 1. The van der Waals surface area contributed by atoms with Crippen molar-refractivity contribution in [1.82, 2.24) is 4.72 Å². The highest BCUT2D eigenvalue weighted by molar-refractivity contribution is 7.93. The van der Waals surface area contributed by atoms with Crippen molar-refractivity contribution in [3.05, 3.63) is 75.9 Å². The first-order valence-electron chi connectivity index (χ1n) is 6.85. The summed E-state index contributed by atoms with van der Waals surface area (Å²) in [6, 6.07) is 10.4. The van der Waals surface area contributed by atoms with Gasteiger partial charge in [-0.3, -0.25) is 4.79 Å². The van der Waals surface area contributed by atoms with Crippen LogP contribution < -0.4 is 4.72 Å². The van der Waals surface area contributed by atoms with Crippen LogP contribution >= 0.6 is 0 Å². The molecule has 4 nitrogen and oxygen atoms in total. The highest BCUT2D eigenvalue weighted by atomic mass is 32.2. The van der Waals surface area contributed by atoms with Crippen LogP contribution in [0.15, 0.2) is 47.9 Å². The van der Waals surface area contributed by atoms with Crippen LogP contribution in [0.5, 0.6) is 0 Å². The van der Waals surface area contributed by atoms with E-state index in [0.29, 0.717) is 11.1 Å². The summed E-state index contributed by atoms with van der Waals surface area (Å²) in [7, 11) is -3.94. The van der Waals surface area contributed by atoms with E-state index in [0.717, 1.165) is 16.5 Å². The van der Waals surface area contributed by atoms with Crippen molar-refractivity contribution in [1.29, 1.82) is 0 Å². The van der Waals surface area contributed by atoms with Gasteiger partial charge in [-0.15, -0.1) is 0 Å². The predicted octanol–water partition coefficient (Wildman–Crippen LogP) is 3.17. The lowest BCUT2D eigenvalue weighted by Gasteiger charge is -2.08. The Morgan fingerprint density at radius 2 is 1.74 bits per heavy atom. The number of amides is 1. The third-order valence-corrected chi connectivity index (χ3v) is 4.36. The summed E-state index contributed by atoms with van der Waals surface area (Å²) < 4.78 is 38.7. The number of sulfonamides is 1. The largest absolute Gasteiger partial charge is 0.268 e. The maximum Gasteiger partial charge on any atom is 0.265 e. The molecule has 2 rings (SSSR count). The first kappa shape index (κ1) is 16.9. The maximum atomic E-state index is 12.8. The van der Waals surface area contributed by atoms with Crippen LogP contribution in [0.2, 0.25) is 0 Å². The number of benzene rings is 2. The van der Waals surface area contributed by atoms with Gasteiger partial charge >= 0.3 is 0 Å². The predicted molar refractivity (Wildman–Crippen MR) is 87.7 cm³/mol. The molecule has 0 aliphatic heterocycles. The molecule has 0 aromatic heterocycles. The van der Waals surface area contributed by atoms with Gasteiger partial charge in [-0.1, -0.05) is 24.3 Å². The molecule has 0 radical (unpaired) electrons. The molecule has 1 N–H and O–H groups in total. The zero-order chi connectivity index (χ0) is 17.0. The Balaban J connectivity index is 2.16. The molecule has 6 heteroatoms. The van der Waals surface area contributed by atoms with E-state index in [1.807, 2.05) is 17.7 Å². The minimum Gasteiger partial charge on any atom is -0.268 e. The Labute approximate surface area is 134 Å². The molecule has 0 atom stereocenters. The molecule has 0 saturated heterocycles. The van der Waals surface area contributed by atoms with Gasteiger partial charge in [0.15, 0.2) is 0 Å². The molecule has 1 amide bonds. The van der Waals surface area contributed by atoms with Crippen LogP contribution in [0.25, 0.3) is 6.08 Å². The zero-order valence-corrected chi connectivity index (χ0v) is 13.5. The lowest BCUT2D eigenvalue weighted by Crippen LogP contribution is -2.29. The van der Waals surface area contributed by atoms with Gasteiger partial charge < -0.3 is 0 Å². The second kappa shape index (κ2) is 6.75. The average molecular weight is 333 g/mol. The number of hydrogen-bond acceptors (Lipinski definition) is 3. The Kier molecular flexibility index (Phi) is 4.95. The van der Waals surface area contributed by atoms with Crippen molar-refractivity contribution in [2.45, 2.75) is 13.8 Å². The van der Waals surface area contributed by atoms with Crippen LogP contribution in [0.3, 0.4) is 0 Å². The molecule has 0 unspecified atom stereocenters. The molecule has 2 aromatic rings. The van der Waals surface area contributed by atoms with Gasteiger partial charge in [0, 0.05) is 5.56 Å². The number of hydrogen-bond donors (Lipinski definition) is 1. The average Bonchev–Trinajstić information content (AvgIpc) is 2.49. The molecule has 23 heavy (non-hydrogen) atoms. The standard InChI is InChI=1S/C17H16FNO3S/c1-12-4-3-5-16(13(12)2)17(20)19-23(21,22)11-10-14-6-8-15(18)9-7-14/h3-11H,1-2H3,(H,19,20)/b11-10+. The molecular formula is C17H16FNO3S. The number of rotatable bonds is 4. The van der Waals surface area contributed by atoms with Gasteiger partial charge in [0.05, 0.1) is 5.41 Å². The van der Waals surface area contributed by atoms with Gasteiger partial charge in [0.25, 0.3) is 15.9 Å². The summed E-state index contributed by atoms with van der Waals surface area (Å²) in [5.41, 5.74) is 2.44. The summed E-state index contributed by atoms with van der Waals surface area (Å²) in [5.74, 6) is -1.09. The molecule has 0 aliphatic carbocycles. The van der Waals surface area contributed by atoms with Crippen molar-refractivity contribution in [2.24, 2.45) is 0 Å². The van der Waals surface area contributed by atoms with Gasteiger partial charge in [-0.2, -0.15) is 0 Å². The minimum atomic E-state index is -3.94. The molecule has 0 aliphatic rings. The molecule has 120 valence electrons. The first-order chi connectivity index (χ1) is 10.8. The Morgan fingerprint density at radius 1 is 1.09 bits per heavy atom. The van der Waals surface area contributed by atoms with E-state index in [9.17, 15) is 17.6 Å². The van der Waals surface area contributed by atoms with E-state index >= 15 is 0 Å². The van der Waals surface area contributed by atoms with Crippen molar-refractivity contribution in [3.63, 3.8) is 0 Å². The minimum absolute atomic E-state index is 0.309. The number of carbonyl (C=O) groups is 1. The molecule has 0 spiro atoms. The summed E-state index contributed by atoms with van der Waals surface area (Å²) in [6.07, 6.45) is 1.29. The van der Waals surface area contributed by atoms with Gasteiger partial charge in [-0.25, -0.2) is 17.5 Å². The fourth-order valence-corrected chi connectivity index (χ4v) is 2.73. The van der Waals surface area contributed by atoms with E-state index < -0.39 is 21.7 Å². The molecule has 2 aromatic carbocycles. The second-order valence-electron chi connectivity index (χ2n) is 5.08. The lowest BCUT2D eigenvalue weighted by molar-refractivity contribution is 0.0981. The molecule has 0 fully saturated rings. The molecule has 0 heterocycles. The van der Waals surface area contributed by atoms with E-state index in [1.165, 1.54) is 30.3 Å². The highest BCUT2D eigenvalue weighted by Crippen LogP contribution is 2.13. The Morgan fingerprint density at radius 3 is 2.39 bits per heavy atom. The van der Waals surface area contributed by atoms with E-state index in [1.54, 1.807) is 19.1 Å². The molecule has 0 bridgehead atoms. The first-order valence-corrected chi connectivity index (χ1v) is 8.40. The normalized spacial score (nSPS) is 11.6. The van der Waals surface area contributed by atoms with Crippen molar-refractivity contribution >= 4 is 22.0 Å². The van der Waals surface area contributed by atoms with Crippen LogP contribution in [0.1, 0.15) is 27.0 Å². The van der Waals surface area contributed by atoms with Crippen LogP contribution in [0.4, 0.5) is 4.39 Å². The van der Waals surface area contributed by atoms with Crippen LogP contribution in [-0.4, -0.2) is 14.3 Å². The monoisotopic (exact) mass is 333 g/mol. The number of halogens is 1. The van der Waals surface area contributed by atoms with Crippen molar-refractivity contribution in [2.75, 3.05) is 0 Å². The van der Waals surface area contributed by atoms with Gasteiger partial charge in [-0.05, 0) is 54.8 Å². The summed E-state index contributed by atoms with van der Waals surface area (Å²) >= 11 is 0. The quantitative estimate of drug-likeness (QED) is 0.935. The van der Waals surface area contributed by atoms with E-state index in [2.05, 4.69) is 0 Å². The van der Waals surface area contributed by atoms with Crippen molar-refractivity contribution in [3.8, 4) is 0 Å². The third kappa shape index (κ3) is 4.50.